The Morgan fingerprint density at radius 3 is 2.40 bits per heavy atom. The van der Waals surface area contributed by atoms with Gasteiger partial charge in [0.25, 0.3) is 0 Å². The van der Waals surface area contributed by atoms with E-state index in [1.165, 1.54) is 17.0 Å². The van der Waals surface area contributed by atoms with E-state index >= 15 is 0 Å². The number of aryl methyl sites for hydroxylation is 3. The van der Waals surface area contributed by atoms with Gasteiger partial charge in [-0.05, 0) is 32.8 Å². The van der Waals surface area contributed by atoms with E-state index in [1.807, 2.05) is 25.6 Å². The molecular formula is C15H25N5. The molecule has 2 N–H and O–H groups in total. The van der Waals surface area contributed by atoms with Gasteiger partial charge in [-0.1, -0.05) is 13.8 Å². The minimum Gasteiger partial charge on any atom is -0.324 e. The molecule has 0 fully saturated rings. The van der Waals surface area contributed by atoms with E-state index in [1.54, 1.807) is 0 Å². The van der Waals surface area contributed by atoms with Gasteiger partial charge < -0.3 is 5.73 Å². The zero-order chi connectivity index (χ0) is 14.9. The molecule has 5 heteroatoms. The van der Waals surface area contributed by atoms with Gasteiger partial charge in [-0.15, -0.1) is 0 Å². The van der Waals surface area contributed by atoms with Crippen LogP contribution in [-0.2, 0) is 26.4 Å². The molecular weight excluding hydrogens is 250 g/mol. The molecule has 2 aromatic heterocycles. The highest BCUT2D eigenvalue weighted by molar-refractivity contribution is 5.30. The number of nitrogens with zero attached hydrogens (tertiary/aromatic N) is 4. The molecule has 1 atom stereocenters. The summed E-state index contributed by atoms with van der Waals surface area (Å²) in [5.41, 5.74) is 11.9. The molecule has 1 unspecified atom stereocenters. The standard InChI is InChI=1S/C15H25N5/c1-6-13-15(11(4)16)14(7-2)20(18-13)9-12-8-10(3)17-19(12)5/h8,11H,6-7,9,16H2,1-5H3. The van der Waals surface area contributed by atoms with Gasteiger partial charge in [0.05, 0.1) is 23.6 Å². The Balaban J connectivity index is 2.44. The quantitative estimate of drug-likeness (QED) is 0.909. The van der Waals surface area contributed by atoms with Gasteiger partial charge in [-0.3, -0.25) is 9.36 Å². The first-order valence-electron chi connectivity index (χ1n) is 7.31. The lowest BCUT2D eigenvalue weighted by Gasteiger charge is -2.10. The zero-order valence-corrected chi connectivity index (χ0v) is 13.1. The Kier molecular flexibility index (Phi) is 4.28. The lowest BCUT2D eigenvalue weighted by Crippen LogP contribution is -2.12. The van der Waals surface area contributed by atoms with Gasteiger partial charge in [0.1, 0.15) is 0 Å². The van der Waals surface area contributed by atoms with Crippen LogP contribution in [0.2, 0.25) is 0 Å². The van der Waals surface area contributed by atoms with Gasteiger partial charge >= 0.3 is 0 Å². The molecule has 5 nitrogen and oxygen atoms in total. The number of hydrogen-bond donors (Lipinski definition) is 1. The maximum atomic E-state index is 6.14. The predicted octanol–water partition coefficient (Wildman–Crippen LogP) is 2.12. The Morgan fingerprint density at radius 1 is 1.25 bits per heavy atom. The summed E-state index contributed by atoms with van der Waals surface area (Å²) in [4.78, 5) is 0. The third-order valence-corrected chi connectivity index (χ3v) is 3.71. The number of rotatable bonds is 5. The highest BCUT2D eigenvalue weighted by Crippen LogP contribution is 2.23. The van der Waals surface area contributed by atoms with Crippen LogP contribution in [-0.4, -0.2) is 19.6 Å². The molecule has 0 radical (unpaired) electrons. The fourth-order valence-electron chi connectivity index (χ4n) is 2.82. The molecule has 2 heterocycles. The van der Waals surface area contributed by atoms with E-state index in [0.29, 0.717) is 0 Å². The average Bonchev–Trinajstić information content (AvgIpc) is 2.89. The molecule has 2 aromatic rings. The van der Waals surface area contributed by atoms with E-state index in [4.69, 9.17) is 10.8 Å². The first-order chi connectivity index (χ1) is 9.47. The predicted molar refractivity (Wildman–Crippen MR) is 80.6 cm³/mol. The molecule has 0 saturated heterocycles. The van der Waals surface area contributed by atoms with Crippen LogP contribution in [0, 0.1) is 6.92 Å². The SMILES string of the molecule is CCc1nn(Cc2cc(C)nn2C)c(CC)c1C(C)N. The topological polar surface area (TPSA) is 61.7 Å². The van der Waals surface area contributed by atoms with Crippen molar-refractivity contribution in [3.05, 3.63) is 34.4 Å². The van der Waals surface area contributed by atoms with E-state index in [0.717, 1.165) is 30.8 Å². The first-order valence-corrected chi connectivity index (χ1v) is 7.31. The van der Waals surface area contributed by atoms with E-state index in [9.17, 15) is 0 Å². The van der Waals surface area contributed by atoms with Crippen molar-refractivity contribution in [2.24, 2.45) is 12.8 Å². The number of aromatic nitrogens is 4. The molecule has 0 saturated carbocycles. The summed E-state index contributed by atoms with van der Waals surface area (Å²) in [6.07, 6.45) is 1.86. The summed E-state index contributed by atoms with van der Waals surface area (Å²) in [6, 6.07) is 2.14. The van der Waals surface area contributed by atoms with Crippen molar-refractivity contribution >= 4 is 0 Å². The Labute approximate surface area is 120 Å². The van der Waals surface area contributed by atoms with Crippen LogP contribution >= 0.6 is 0 Å². The minimum absolute atomic E-state index is 0.0296. The van der Waals surface area contributed by atoms with Crippen molar-refractivity contribution in [3.63, 3.8) is 0 Å². The van der Waals surface area contributed by atoms with Crippen molar-refractivity contribution in [3.8, 4) is 0 Å². The molecule has 0 aliphatic carbocycles. The van der Waals surface area contributed by atoms with Crippen molar-refractivity contribution < 1.29 is 0 Å². The highest BCUT2D eigenvalue weighted by atomic mass is 15.3. The second kappa shape index (κ2) is 5.79. The average molecular weight is 275 g/mol. The van der Waals surface area contributed by atoms with Crippen LogP contribution in [0.15, 0.2) is 6.07 Å². The lowest BCUT2D eigenvalue weighted by atomic mass is 10.0. The largest absolute Gasteiger partial charge is 0.324 e. The zero-order valence-electron chi connectivity index (χ0n) is 13.1. The van der Waals surface area contributed by atoms with Crippen molar-refractivity contribution in [1.29, 1.82) is 0 Å². The van der Waals surface area contributed by atoms with E-state index in [2.05, 4.69) is 29.7 Å². The highest BCUT2D eigenvalue weighted by Gasteiger charge is 2.19. The second-order valence-electron chi connectivity index (χ2n) is 5.36. The summed E-state index contributed by atoms with van der Waals surface area (Å²) in [6.45, 7) is 9.09. The molecule has 0 aromatic carbocycles. The number of nitrogens with two attached hydrogens (primary N) is 1. The summed E-state index contributed by atoms with van der Waals surface area (Å²) in [5.74, 6) is 0. The summed E-state index contributed by atoms with van der Waals surface area (Å²) < 4.78 is 4.02. The van der Waals surface area contributed by atoms with Gasteiger partial charge in [0, 0.05) is 24.3 Å². The Hall–Kier alpha value is -1.62. The Morgan fingerprint density at radius 2 is 1.95 bits per heavy atom. The van der Waals surface area contributed by atoms with Crippen molar-refractivity contribution in [1.82, 2.24) is 19.6 Å². The molecule has 0 aliphatic heterocycles. The number of hydrogen-bond acceptors (Lipinski definition) is 3. The van der Waals surface area contributed by atoms with Crippen LogP contribution in [0.3, 0.4) is 0 Å². The van der Waals surface area contributed by atoms with Crippen molar-refractivity contribution in [2.45, 2.75) is 53.1 Å². The molecule has 0 bridgehead atoms. The summed E-state index contributed by atoms with van der Waals surface area (Å²) in [7, 11) is 1.98. The molecule has 0 amide bonds. The van der Waals surface area contributed by atoms with Gasteiger partial charge in [0.15, 0.2) is 0 Å². The molecule has 110 valence electrons. The monoisotopic (exact) mass is 275 g/mol. The Bertz CT molecular complexity index is 592. The van der Waals surface area contributed by atoms with Crippen LogP contribution in [0.1, 0.15) is 55.2 Å². The maximum absolute atomic E-state index is 6.14. The van der Waals surface area contributed by atoms with Crippen LogP contribution in [0.5, 0.6) is 0 Å². The smallest absolute Gasteiger partial charge is 0.0831 e. The van der Waals surface area contributed by atoms with Crippen LogP contribution in [0.4, 0.5) is 0 Å². The van der Waals surface area contributed by atoms with Crippen LogP contribution < -0.4 is 5.73 Å². The van der Waals surface area contributed by atoms with Gasteiger partial charge in [-0.25, -0.2) is 0 Å². The fourth-order valence-corrected chi connectivity index (χ4v) is 2.82. The minimum atomic E-state index is 0.0296. The van der Waals surface area contributed by atoms with E-state index < -0.39 is 0 Å². The first kappa shape index (κ1) is 14.8. The van der Waals surface area contributed by atoms with Crippen LogP contribution in [0.25, 0.3) is 0 Å². The lowest BCUT2D eigenvalue weighted by molar-refractivity contribution is 0.591. The molecule has 0 spiro atoms. The van der Waals surface area contributed by atoms with Crippen molar-refractivity contribution in [2.75, 3.05) is 0 Å². The van der Waals surface area contributed by atoms with Gasteiger partial charge in [0.2, 0.25) is 0 Å². The summed E-state index contributed by atoms with van der Waals surface area (Å²) >= 11 is 0. The second-order valence-corrected chi connectivity index (χ2v) is 5.36. The normalized spacial score (nSPS) is 12.9. The fraction of sp³-hybridized carbons (Fsp3) is 0.600. The molecule has 20 heavy (non-hydrogen) atoms. The van der Waals surface area contributed by atoms with E-state index in [-0.39, 0.29) is 6.04 Å². The maximum Gasteiger partial charge on any atom is 0.0831 e. The third-order valence-electron chi connectivity index (χ3n) is 3.71. The third kappa shape index (κ3) is 2.63. The molecule has 2 rings (SSSR count). The van der Waals surface area contributed by atoms with Gasteiger partial charge in [-0.2, -0.15) is 10.2 Å². The summed E-state index contributed by atoms with van der Waals surface area (Å²) in [5, 5.41) is 9.16. The molecule has 0 aliphatic rings.